The number of hydrogen-bond acceptors (Lipinski definition) is 5. The van der Waals surface area contributed by atoms with Gasteiger partial charge in [0.05, 0.1) is 17.8 Å². The topological polar surface area (TPSA) is 113 Å². The van der Waals surface area contributed by atoms with Crippen molar-refractivity contribution >= 4 is 34.0 Å². The molecule has 0 aliphatic rings. The van der Waals surface area contributed by atoms with Crippen LogP contribution in [0.3, 0.4) is 0 Å². The van der Waals surface area contributed by atoms with Crippen LogP contribution in [0.5, 0.6) is 0 Å². The SMILES string of the molecule is NC(=O)c1cc(-c2csc(NC(=O)CNc3cccc(C(F)(F)F)c3)n2)c[nH]1. The fourth-order valence-corrected chi connectivity index (χ4v) is 3.04. The summed E-state index contributed by atoms with van der Waals surface area (Å²) in [5, 5.41) is 7.20. The largest absolute Gasteiger partial charge is 0.416 e. The molecule has 0 saturated carbocycles. The average Bonchev–Trinajstić information content (AvgIpc) is 3.29. The molecule has 146 valence electrons. The highest BCUT2D eigenvalue weighted by molar-refractivity contribution is 7.14. The lowest BCUT2D eigenvalue weighted by Crippen LogP contribution is -2.21. The zero-order valence-electron chi connectivity index (χ0n) is 14.1. The number of H-pyrrole nitrogens is 1. The number of rotatable bonds is 6. The number of aromatic amines is 1. The van der Waals surface area contributed by atoms with Crippen LogP contribution in [0.1, 0.15) is 16.1 Å². The van der Waals surface area contributed by atoms with Crippen LogP contribution in [0.4, 0.5) is 24.0 Å². The number of nitrogens with two attached hydrogens (primary N) is 1. The van der Waals surface area contributed by atoms with Crippen molar-refractivity contribution in [3.05, 3.63) is 53.2 Å². The van der Waals surface area contributed by atoms with E-state index in [1.807, 2.05) is 0 Å². The summed E-state index contributed by atoms with van der Waals surface area (Å²) in [6, 6.07) is 6.11. The van der Waals surface area contributed by atoms with Crippen molar-refractivity contribution in [2.24, 2.45) is 5.73 Å². The second-order valence-electron chi connectivity index (χ2n) is 5.68. The van der Waals surface area contributed by atoms with Gasteiger partial charge < -0.3 is 21.4 Å². The molecule has 3 rings (SSSR count). The van der Waals surface area contributed by atoms with Crippen LogP contribution in [0.2, 0.25) is 0 Å². The van der Waals surface area contributed by atoms with Crippen LogP contribution in [0.15, 0.2) is 41.9 Å². The Morgan fingerprint density at radius 1 is 1.25 bits per heavy atom. The summed E-state index contributed by atoms with van der Waals surface area (Å²) >= 11 is 1.17. The van der Waals surface area contributed by atoms with E-state index in [2.05, 4.69) is 20.6 Å². The first kappa shape index (κ1) is 19.4. The molecule has 0 aliphatic heterocycles. The maximum Gasteiger partial charge on any atom is 0.416 e. The Balaban J connectivity index is 1.58. The van der Waals surface area contributed by atoms with Gasteiger partial charge in [-0.15, -0.1) is 11.3 Å². The molecule has 11 heteroatoms. The quantitative estimate of drug-likeness (QED) is 0.500. The molecular formula is C17H14F3N5O2S. The average molecular weight is 409 g/mol. The number of amides is 2. The first-order chi connectivity index (χ1) is 13.2. The van der Waals surface area contributed by atoms with Crippen LogP contribution < -0.4 is 16.4 Å². The number of nitrogens with zero attached hydrogens (tertiary/aromatic N) is 1. The first-order valence-corrected chi connectivity index (χ1v) is 8.75. The smallest absolute Gasteiger partial charge is 0.376 e. The lowest BCUT2D eigenvalue weighted by atomic mass is 10.2. The molecular weight excluding hydrogens is 395 g/mol. The fraction of sp³-hybridized carbons (Fsp3) is 0.118. The molecule has 3 aromatic rings. The number of carbonyl (C=O) groups excluding carboxylic acids is 2. The minimum absolute atomic E-state index is 0.177. The Morgan fingerprint density at radius 2 is 2.04 bits per heavy atom. The summed E-state index contributed by atoms with van der Waals surface area (Å²) in [7, 11) is 0. The third kappa shape index (κ3) is 4.68. The Morgan fingerprint density at radius 3 is 2.71 bits per heavy atom. The molecule has 5 N–H and O–H groups in total. The summed E-state index contributed by atoms with van der Waals surface area (Å²) in [6.45, 7) is -0.230. The molecule has 0 aliphatic carbocycles. The van der Waals surface area contributed by atoms with Crippen LogP contribution in [-0.4, -0.2) is 28.3 Å². The summed E-state index contributed by atoms with van der Waals surface area (Å²) in [4.78, 5) is 30.1. The highest BCUT2D eigenvalue weighted by Crippen LogP contribution is 2.30. The van der Waals surface area contributed by atoms with Crippen LogP contribution >= 0.6 is 11.3 Å². The van der Waals surface area contributed by atoms with Gasteiger partial charge in [-0.2, -0.15) is 13.2 Å². The van der Waals surface area contributed by atoms with Gasteiger partial charge in [-0.25, -0.2) is 4.98 Å². The van der Waals surface area contributed by atoms with E-state index < -0.39 is 23.6 Å². The molecule has 28 heavy (non-hydrogen) atoms. The van der Waals surface area contributed by atoms with E-state index in [4.69, 9.17) is 5.73 Å². The van der Waals surface area contributed by atoms with Gasteiger partial charge in [-0.3, -0.25) is 9.59 Å². The van der Waals surface area contributed by atoms with Gasteiger partial charge in [-0.05, 0) is 24.3 Å². The van der Waals surface area contributed by atoms with Crippen molar-refractivity contribution in [1.82, 2.24) is 9.97 Å². The lowest BCUT2D eigenvalue weighted by molar-refractivity contribution is -0.137. The molecule has 0 fully saturated rings. The molecule has 0 atom stereocenters. The van der Waals surface area contributed by atoms with Gasteiger partial charge in [-0.1, -0.05) is 6.07 Å². The van der Waals surface area contributed by atoms with E-state index in [-0.39, 0.29) is 17.9 Å². The number of hydrogen-bond donors (Lipinski definition) is 4. The maximum absolute atomic E-state index is 12.7. The maximum atomic E-state index is 12.7. The Bertz CT molecular complexity index is 1010. The highest BCUT2D eigenvalue weighted by Gasteiger charge is 2.30. The van der Waals surface area contributed by atoms with Gasteiger partial charge in [0.25, 0.3) is 5.91 Å². The zero-order valence-corrected chi connectivity index (χ0v) is 14.9. The van der Waals surface area contributed by atoms with Crippen LogP contribution in [0.25, 0.3) is 11.3 Å². The van der Waals surface area contributed by atoms with Crippen molar-refractivity contribution in [1.29, 1.82) is 0 Å². The third-order valence-electron chi connectivity index (χ3n) is 3.64. The summed E-state index contributed by atoms with van der Waals surface area (Å²) in [5.41, 5.74) is 5.96. The van der Waals surface area contributed by atoms with Crippen molar-refractivity contribution in [2.75, 3.05) is 17.2 Å². The number of anilines is 2. The lowest BCUT2D eigenvalue weighted by Gasteiger charge is -2.10. The molecule has 7 nitrogen and oxygen atoms in total. The molecule has 2 heterocycles. The molecule has 0 bridgehead atoms. The first-order valence-electron chi connectivity index (χ1n) is 7.87. The summed E-state index contributed by atoms with van der Waals surface area (Å²) in [5.74, 6) is -1.07. The molecule has 0 saturated heterocycles. The third-order valence-corrected chi connectivity index (χ3v) is 4.40. The Kier molecular flexibility index (Phi) is 5.36. The van der Waals surface area contributed by atoms with E-state index in [0.29, 0.717) is 16.4 Å². The number of aromatic nitrogens is 2. The minimum Gasteiger partial charge on any atom is -0.376 e. The minimum atomic E-state index is -4.45. The predicted octanol–water partition coefficient (Wildman–Crippen LogP) is 3.31. The summed E-state index contributed by atoms with van der Waals surface area (Å²) < 4.78 is 38.1. The van der Waals surface area contributed by atoms with E-state index in [1.54, 1.807) is 11.6 Å². The second kappa shape index (κ2) is 7.72. The van der Waals surface area contributed by atoms with Crippen LogP contribution in [0, 0.1) is 0 Å². The summed E-state index contributed by atoms with van der Waals surface area (Å²) in [6.07, 6.45) is -2.89. The van der Waals surface area contributed by atoms with E-state index in [0.717, 1.165) is 12.1 Å². The molecule has 1 aromatic carbocycles. The Labute approximate surface area is 160 Å². The van der Waals surface area contributed by atoms with E-state index in [9.17, 15) is 22.8 Å². The van der Waals surface area contributed by atoms with Gasteiger partial charge in [0, 0.05) is 22.8 Å². The number of carbonyl (C=O) groups is 2. The zero-order chi connectivity index (χ0) is 20.3. The number of alkyl halides is 3. The van der Waals surface area contributed by atoms with Gasteiger partial charge in [0.1, 0.15) is 5.69 Å². The van der Waals surface area contributed by atoms with Crippen LogP contribution in [-0.2, 0) is 11.0 Å². The number of nitrogens with one attached hydrogen (secondary N) is 3. The standard InChI is InChI=1S/C17H14F3N5O2S/c18-17(19,20)10-2-1-3-11(5-10)22-7-14(26)25-16-24-13(8-28-16)9-4-12(15(21)27)23-6-9/h1-6,8,22-23H,7H2,(H2,21,27)(H,24,25,26). The molecule has 0 spiro atoms. The number of benzene rings is 1. The fourth-order valence-electron chi connectivity index (χ4n) is 2.30. The van der Waals surface area contributed by atoms with Crippen molar-refractivity contribution in [2.45, 2.75) is 6.18 Å². The number of halogens is 3. The number of primary amides is 1. The van der Waals surface area contributed by atoms with E-state index >= 15 is 0 Å². The van der Waals surface area contributed by atoms with Gasteiger partial charge in [0.2, 0.25) is 5.91 Å². The van der Waals surface area contributed by atoms with E-state index in [1.165, 1.54) is 29.5 Å². The van der Waals surface area contributed by atoms with Crippen molar-refractivity contribution in [3.8, 4) is 11.3 Å². The molecule has 2 amide bonds. The van der Waals surface area contributed by atoms with Crippen molar-refractivity contribution in [3.63, 3.8) is 0 Å². The Hall–Kier alpha value is -3.34. The predicted molar refractivity (Wildman–Crippen MR) is 99.0 cm³/mol. The molecule has 0 radical (unpaired) electrons. The van der Waals surface area contributed by atoms with Gasteiger partial charge >= 0.3 is 6.18 Å². The molecule has 2 aromatic heterocycles. The van der Waals surface area contributed by atoms with Gasteiger partial charge in [0.15, 0.2) is 5.13 Å². The normalized spacial score (nSPS) is 11.2. The number of thiazole rings is 1. The second-order valence-corrected chi connectivity index (χ2v) is 6.54. The monoisotopic (exact) mass is 409 g/mol. The van der Waals surface area contributed by atoms with Crippen molar-refractivity contribution < 1.29 is 22.8 Å². The highest BCUT2D eigenvalue weighted by atomic mass is 32.1. The molecule has 0 unspecified atom stereocenters.